The lowest BCUT2D eigenvalue weighted by molar-refractivity contribution is -0.133. The molecule has 0 spiro atoms. The highest BCUT2D eigenvalue weighted by atomic mass is 32.2. The molecule has 0 radical (unpaired) electrons. The van der Waals surface area contributed by atoms with Crippen molar-refractivity contribution in [1.29, 1.82) is 0 Å². The van der Waals surface area contributed by atoms with Crippen LogP contribution in [0.2, 0.25) is 0 Å². The molecule has 2 rings (SSSR count). The smallest absolute Gasteiger partial charge is 0.202 e. The molecule has 5 heteroatoms. The standard InChI is InChI=1S/C14H18O4S/c1-11(9-12-10-17-14(2,3)18-12)19(15,16)13-7-5-4-6-8-13/h4-9,12H,10H2,1-3H3/b11-9+/t12-/m0/s1. The number of ether oxygens (including phenoxy) is 2. The highest BCUT2D eigenvalue weighted by Gasteiger charge is 2.32. The minimum absolute atomic E-state index is 0.282. The van der Waals surface area contributed by atoms with Crippen LogP contribution < -0.4 is 0 Å². The Kier molecular flexibility index (Phi) is 3.80. The maximum atomic E-state index is 12.3. The fraction of sp³-hybridized carbons (Fsp3) is 0.429. The predicted octanol–water partition coefficient (Wildman–Crippen LogP) is 2.52. The van der Waals surface area contributed by atoms with Crippen LogP contribution in [-0.2, 0) is 19.3 Å². The van der Waals surface area contributed by atoms with Gasteiger partial charge in [-0.2, -0.15) is 0 Å². The van der Waals surface area contributed by atoms with Gasteiger partial charge in [0, 0.05) is 4.91 Å². The number of benzene rings is 1. The van der Waals surface area contributed by atoms with E-state index in [2.05, 4.69) is 0 Å². The lowest BCUT2D eigenvalue weighted by Gasteiger charge is -2.16. The van der Waals surface area contributed by atoms with Crippen molar-refractivity contribution in [2.45, 2.75) is 37.6 Å². The van der Waals surface area contributed by atoms with Crippen molar-refractivity contribution >= 4 is 9.84 Å². The Morgan fingerprint density at radius 1 is 1.32 bits per heavy atom. The van der Waals surface area contributed by atoms with Crippen LogP contribution in [-0.4, -0.2) is 26.9 Å². The fourth-order valence-electron chi connectivity index (χ4n) is 1.93. The molecule has 1 aromatic rings. The van der Waals surface area contributed by atoms with E-state index in [1.54, 1.807) is 43.3 Å². The molecule has 0 aromatic heterocycles. The molecule has 1 fully saturated rings. The molecule has 0 N–H and O–H groups in total. The first-order chi connectivity index (χ1) is 8.81. The Balaban J connectivity index is 2.22. The molecule has 0 saturated carbocycles. The summed E-state index contributed by atoms with van der Waals surface area (Å²) in [5, 5.41) is 0. The van der Waals surface area contributed by atoms with Gasteiger partial charge in [-0.15, -0.1) is 0 Å². The zero-order valence-corrected chi connectivity index (χ0v) is 12.1. The third-order valence-electron chi connectivity index (χ3n) is 2.93. The van der Waals surface area contributed by atoms with Crippen LogP contribution in [0.15, 0.2) is 46.2 Å². The summed E-state index contributed by atoms with van der Waals surface area (Å²) < 4.78 is 35.6. The van der Waals surface area contributed by atoms with Gasteiger partial charge in [0.05, 0.1) is 11.5 Å². The number of sulfone groups is 1. The van der Waals surface area contributed by atoms with Crippen molar-refractivity contribution in [2.75, 3.05) is 6.61 Å². The van der Waals surface area contributed by atoms with Crippen LogP contribution in [0.5, 0.6) is 0 Å². The molecular formula is C14H18O4S. The first kappa shape index (κ1) is 14.2. The van der Waals surface area contributed by atoms with Crippen LogP contribution in [0.1, 0.15) is 20.8 Å². The lowest BCUT2D eigenvalue weighted by Crippen LogP contribution is -2.21. The van der Waals surface area contributed by atoms with Gasteiger partial charge in [-0.3, -0.25) is 0 Å². The zero-order valence-electron chi connectivity index (χ0n) is 11.3. The van der Waals surface area contributed by atoms with E-state index >= 15 is 0 Å². The molecule has 1 atom stereocenters. The number of hydrogen-bond donors (Lipinski definition) is 0. The van der Waals surface area contributed by atoms with E-state index in [0.717, 1.165) is 0 Å². The average Bonchev–Trinajstić information content (AvgIpc) is 2.69. The molecule has 0 bridgehead atoms. The number of rotatable bonds is 3. The predicted molar refractivity (Wildman–Crippen MR) is 72.3 cm³/mol. The van der Waals surface area contributed by atoms with Crippen LogP contribution in [0.4, 0.5) is 0 Å². The molecule has 0 amide bonds. The third-order valence-corrected chi connectivity index (χ3v) is 4.80. The molecule has 4 nitrogen and oxygen atoms in total. The second-order valence-electron chi connectivity index (χ2n) is 4.96. The van der Waals surface area contributed by atoms with Crippen molar-refractivity contribution in [3.05, 3.63) is 41.3 Å². The van der Waals surface area contributed by atoms with Gasteiger partial charge in [-0.1, -0.05) is 18.2 Å². The summed E-state index contributed by atoms with van der Waals surface area (Å²) in [6.45, 7) is 5.56. The van der Waals surface area contributed by atoms with E-state index in [-0.39, 0.29) is 11.0 Å². The summed E-state index contributed by atoms with van der Waals surface area (Å²) in [6.07, 6.45) is 1.28. The van der Waals surface area contributed by atoms with Crippen molar-refractivity contribution in [3.8, 4) is 0 Å². The Morgan fingerprint density at radius 2 is 1.95 bits per heavy atom. The van der Waals surface area contributed by atoms with Crippen LogP contribution in [0.25, 0.3) is 0 Å². The molecule has 0 aliphatic carbocycles. The van der Waals surface area contributed by atoms with Gasteiger partial charge in [0.2, 0.25) is 9.84 Å². The lowest BCUT2D eigenvalue weighted by atomic mass is 10.3. The fourth-order valence-corrected chi connectivity index (χ4v) is 3.15. The second-order valence-corrected chi connectivity index (χ2v) is 7.08. The van der Waals surface area contributed by atoms with Gasteiger partial charge in [-0.05, 0) is 39.0 Å². The topological polar surface area (TPSA) is 52.6 Å². The van der Waals surface area contributed by atoms with E-state index in [1.807, 2.05) is 13.8 Å². The monoisotopic (exact) mass is 282 g/mol. The Bertz CT molecular complexity index is 573. The Hall–Kier alpha value is -1.17. The van der Waals surface area contributed by atoms with Crippen LogP contribution in [0.3, 0.4) is 0 Å². The number of allylic oxidation sites excluding steroid dienone is 1. The van der Waals surface area contributed by atoms with E-state index in [4.69, 9.17) is 9.47 Å². The van der Waals surface area contributed by atoms with E-state index < -0.39 is 15.6 Å². The van der Waals surface area contributed by atoms with Crippen LogP contribution >= 0.6 is 0 Å². The summed E-state index contributed by atoms with van der Waals surface area (Å²) in [5.41, 5.74) is 0. The van der Waals surface area contributed by atoms with Gasteiger partial charge in [0.1, 0.15) is 6.10 Å². The van der Waals surface area contributed by atoms with E-state index in [9.17, 15) is 8.42 Å². The first-order valence-corrected chi connectivity index (χ1v) is 7.60. The van der Waals surface area contributed by atoms with Gasteiger partial charge in [0.25, 0.3) is 0 Å². The van der Waals surface area contributed by atoms with Gasteiger partial charge in [-0.25, -0.2) is 8.42 Å². The molecule has 19 heavy (non-hydrogen) atoms. The molecule has 0 unspecified atom stereocenters. The first-order valence-electron chi connectivity index (χ1n) is 6.12. The minimum Gasteiger partial charge on any atom is -0.347 e. The number of hydrogen-bond acceptors (Lipinski definition) is 4. The van der Waals surface area contributed by atoms with E-state index in [0.29, 0.717) is 11.5 Å². The normalized spacial score (nSPS) is 23.5. The van der Waals surface area contributed by atoms with Gasteiger partial charge in [0.15, 0.2) is 5.79 Å². The van der Waals surface area contributed by atoms with Crippen molar-refractivity contribution in [1.82, 2.24) is 0 Å². The summed E-state index contributed by atoms with van der Waals surface area (Å²) in [5.74, 6) is -0.655. The largest absolute Gasteiger partial charge is 0.347 e. The molecule has 1 heterocycles. The maximum Gasteiger partial charge on any atom is 0.202 e. The third kappa shape index (κ3) is 3.23. The molecule has 1 aromatic carbocycles. The van der Waals surface area contributed by atoms with E-state index in [1.165, 1.54) is 0 Å². The Labute approximate surface area is 114 Å². The minimum atomic E-state index is -3.44. The molecule has 1 saturated heterocycles. The van der Waals surface area contributed by atoms with Crippen LogP contribution in [0, 0.1) is 0 Å². The quantitative estimate of drug-likeness (QED) is 0.855. The highest BCUT2D eigenvalue weighted by molar-refractivity contribution is 7.95. The van der Waals surface area contributed by atoms with Crippen molar-refractivity contribution in [2.24, 2.45) is 0 Å². The highest BCUT2D eigenvalue weighted by Crippen LogP contribution is 2.26. The second kappa shape index (κ2) is 5.07. The molecule has 104 valence electrons. The van der Waals surface area contributed by atoms with Gasteiger partial charge < -0.3 is 9.47 Å². The summed E-state index contributed by atoms with van der Waals surface area (Å²) >= 11 is 0. The molecule has 1 aliphatic heterocycles. The van der Waals surface area contributed by atoms with Crippen molar-refractivity contribution in [3.63, 3.8) is 0 Å². The summed E-state index contributed by atoms with van der Waals surface area (Å²) in [6, 6.07) is 8.37. The SMILES string of the molecule is C/C(=C\[C@H]1COC(C)(C)O1)S(=O)(=O)c1ccccc1. The Morgan fingerprint density at radius 3 is 2.47 bits per heavy atom. The summed E-state index contributed by atoms with van der Waals surface area (Å²) in [7, 11) is -3.44. The average molecular weight is 282 g/mol. The molecule has 1 aliphatic rings. The van der Waals surface area contributed by atoms with Gasteiger partial charge >= 0.3 is 0 Å². The van der Waals surface area contributed by atoms with Crippen molar-refractivity contribution < 1.29 is 17.9 Å². The molecular weight excluding hydrogens is 264 g/mol. The summed E-state index contributed by atoms with van der Waals surface area (Å²) in [4.78, 5) is 0.576. The maximum absolute atomic E-state index is 12.3. The zero-order chi connectivity index (χ0) is 14.1.